The molecule has 1 aromatic heterocycles. The van der Waals surface area contributed by atoms with E-state index >= 15 is 0 Å². The van der Waals surface area contributed by atoms with Crippen molar-refractivity contribution in [3.63, 3.8) is 0 Å². The van der Waals surface area contributed by atoms with E-state index in [-0.39, 0.29) is 16.5 Å². The standard InChI is InChI=1S/C18H17FN2O3S2/c1-3-21-15-10-7-13(19)11-16(15)25-18(21)20-17(22)12-5-8-14(9-6-12)26(23,24)4-2/h5-11H,3-4H2,1-2H3. The van der Waals surface area contributed by atoms with Crippen molar-refractivity contribution in [3.8, 4) is 0 Å². The average molecular weight is 392 g/mol. The van der Waals surface area contributed by atoms with Crippen molar-refractivity contribution in [1.82, 2.24) is 4.57 Å². The van der Waals surface area contributed by atoms with Crippen LogP contribution in [-0.2, 0) is 16.4 Å². The Morgan fingerprint density at radius 3 is 2.46 bits per heavy atom. The number of halogens is 1. The van der Waals surface area contributed by atoms with Crippen molar-refractivity contribution in [3.05, 3.63) is 58.6 Å². The predicted molar refractivity (Wildman–Crippen MR) is 99.5 cm³/mol. The molecule has 1 heterocycles. The predicted octanol–water partition coefficient (Wildman–Crippen LogP) is 3.40. The lowest BCUT2D eigenvalue weighted by atomic mass is 10.2. The number of sulfone groups is 1. The van der Waals surface area contributed by atoms with Crippen molar-refractivity contribution < 1.29 is 17.6 Å². The van der Waals surface area contributed by atoms with Crippen LogP contribution in [0.5, 0.6) is 0 Å². The molecule has 1 amide bonds. The van der Waals surface area contributed by atoms with E-state index in [1.165, 1.54) is 47.7 Å². The molecule has 0 unspecified atom stereocenters. The molecule has 26 heavy (non-hydrogen) atoms. The zero-order valence-corrected chi connectivity index (χ0v) is 15.9. The van der Waals surface area contributed by atoms with E-state index in [1.54, 1.807) is 13.0 Å². The first kappa shape index (κ1) is 18.5. The number of carbonyl (C=O) groups is 1. The molecule has 0 saturated carbocycles. The number of aryl methyl sites for hydroxylation is 1. The number of thiazole rings is 1. The molecule has 0 aliphatic carbocycles. The zero-order chi connectivity index (χ0) is 18.9. The second kappa shape index (κ2) is 7.13. The van der Waals surface area contributed by atoms with Crippen LogP contribution in [0.1, 0.15) is 24.2 Å². The molecule has 0 fully saturated rings. The van der Waals surface area contributed by atoms with Gasteiger partial charge in [0, 0.05) is 12.1 Å². The topological polar surface area (TPSA) is 68.5 Å². The largest absolute Gasteiger partial charge is 0.317 e. The van der Waals surface area contributed by atoms with Crippen LogP contribution in [-0.4, -0.2) is 24.6 Å². The highest BCUT2D eigenvalue weighted by Crippen LogP contribution is 2.19. The highest BCUT2D eigenvalue weighted by Gasteiger charge is 2.13. The van der Waals surface area contributed by atoms with Gasteiger partial charge in [0.1, 0.15) is 5.82 Å². The monoisotopic (exact) mass is 392 g/mol. The Kier molecular flexibility index (Phi) is 5.06. The summed E-state index contributed by atoms with van der Waals surface area (Å²) < 4.78 is 39.7. The number of benzene rings is 2. The van der Waals surface area contributed by atoms with Crippen LogP contribution in [0.25, 0.3) is 10.2 Å². The van der Waals surface area contributed by atoms with E-state index in [2.05, 4.69) is 4.99 Å². The van der Waals surface area contributed by atoms with Gasteiger partial charge in [-0.15, -0.1) is 0 Å². The molecular weight excluding hydrogens is 375 g/mol. The summed E-state index contributed by atoms with van der Waals surface area (Å²) in [6.45, 7) is 4.08. The van der Waals surface area contributed by atoms with E-state index in [1.807, 2.05) is 11.5 Å². The Bertz CT molecular complexity index is 1140. The van der Waals surface area contributed by atoms with Gasteiger partial charge >= 0.3 is 0 Å². The van der Waals surface area contributed by atoms with E-state index < -0.39 is 15.7 Å². The fourth-order valence-corrected chi connectivity index (χ4v) is 4.56. The van der Waals surface area contributed by atoms with Crippen LogP contribution in [0.3, 0.4) is 0 Å². The molecule has 8 heteroatoms. The van der Waals surface area contributed by atoms with E-state index in [9.17, 15) is 17.6 Å². The fourth-order valence-electron chi connectivity index (χ4n) is 2.56. The summed E-state index contributed by atoms with van der Waals surface area (Å²) in [5, 5.41) is 0. The van der Waals surface area contributed by atoms with Gasteiger partial charge < -0.3 is 4.57 Å². The van der Waals surface area contributed by atoms with Crippen LogP contribution in [0.4, 0.5) is 4.39 Å². The lowest BCUT2D eigenvalue weighted by molar-refractivity contribution is 0.0997. The molecular formula is C18H17FN2O3S2. The molecule has 0 radical (unpaired) electrons. The highest BCUT2D eigenvalue weighted by atomic mass is 32.2. The molecule has 0 N–H and O–H groups in total. The molecule has 0 aliphatic heterocycles. The van der Waals surface area contributed by atoms with Crippen molar-refractivity contribution in [2.45, 2.75) is 25.3 Å². The number of hydrogen-bond acceptors (Lipinski definition) is 4. The lowest BCUT2D eigenvalue weighted by Crippen LogP contribution is -2.16. The van der Waals surface area contributed by atoms with Gasteiger partial charge in [-0.2, -0.15) is 4.99 Å². The van der Waals surface area contributed by atoms with Gasteiger partial charge in [0.2, 0.25) is 0 Å². The number of nitrogens with zero attached hydrogens (tertiary/aromatic N) is 2. The number of carbonyl (C=O) groups excluding carboxylic acids is 1. The first-order valence-electron chi connectivity index (χ1n) is 8.06. The third-order valence-electron chi connectivity index (χ3n) is 4.00. The van der Waals surface area contributed by atoms with Crippen LogP contribution < -0.4 is 4.80 Å². The quantitative estimate of drug-likeness (QED) is 0.683. The third-order valence-corrected chi connectivity index (χ3v) is 6.79. The smallest absolute Gasteiger partial charge is 0.279 e. The first-order valence-corrected chi connectivity index (χ1v) is 10.5. The summed E-state index contributed by atoms with van der Waals surface area (Å²) >= 11 is 1.24. The molecule has 0 atom stereocenters. The summed E-state index contributed by atoms with van der Waals surface area (Å²) in [5.41, 5.74) is 1.11. The number of hydrogen-bond donors (Lipinski definition) is 0. The van der Waals surface area contributed by atoms with Crippen molar-refractivity contribution in [1.29, 1.82) is 0 Å². The summed E-state index contributed by atoms with van der Waals surface area (Å²) in [6, 6.07) is 10.2. The van der Waals surface area contributed by atoms with Crippen LogP contribution >= 0.6 is 11.3 Å². The van der Waals surface area contributed by atoms with Gasteiger partial charge in [0.25, 0.3) is 5.91 Å². The molecule has 3 rings (SSSR count). The Morgan fingerprint density at radius 1 is 1.15 bits per heavy atom. The Morgan fingerprint density at radius 2 is 1.85 bits per heavy atom. The normalized spacial score (nSPS) is 12.7. The van der Waals surface area contributed by atoms with Gasteiger partial charge in [0.15, 0.2) is 14.6 Å². The second-order valence-electron chi connectivity index (χ2n) is 5.59. The SMILES string of the molecule is CCn1c(=NC(=O)c2ccc(S(=O)(=O)CC)cc2)sc2cc(F)ccc21. The maximum Gasteiger partial charge on any atom is 0.279 e. The van der Waals surface area contributed by atoms with Gasteiger partial charge in [-0.3, -0.25) is 4.79 Å². The summed E-state index contributed by atoms with van der Waals surface area (Å²) in [4.78, 5) is 17.3. The number of rotatable bonds is 4. The lowest BCUT2D eigenvalue weighted by Gasteiger charge is -2.02. The minimum atomic E-state index is -3.31. The summed E-state index contributed by atoms with van der Waals surface area (Å²) in [7, 11) is -3.31. The summed E-state index contributed by atoms with van der Waals surface area (Å²) in [5.74, 6) is -0.813. The molecule has 136 valence electrons. The fraction of sp³-hybridized carbons (Fsp3) is 0.222. The molecule has 3 aromatic rings. The van der Waals surface area contributed by atoms with Crippen molar-refractivity contribution in [2.24, 2.45) is 4.99 Å². The van der Waals surface area contributed by atoms with E-state index in [0.29, 0.717) is 21.6 Å². The maximum absolute atomic E-state index is 13.4. The second-order valence-corrected chi connectivity index (χ2v) is 8.87. The average Bonchev–Trinajstić information content (AvgIpc) is 2.97. The maximum atomic E-state index is 13.4. The minimum absolute atomic E-state index is 0.000484. The van der Waals surface area contributed by atoms with Gasteiger partial charge in [-0.1, -0.05) is 18.3 Å². The zero-order valence-electron chi connectivity index (χ0n) is 14.3. The Labute approximate surface area is 154 Å². The van der Waals surface area contributed by atoms with E-state index in [4.69, 9.17) is 0 Å². The van der Waals surface area contributed by atoms with Gasteiger partial charge in [-0.05, 0) is 49.4 Å². The highest BCUT2D eigenvalue weighted by molar-refractivity contribution is 7.91. The molecule has 0 spiro atoms. The minimum Gasteiger partial charge on any atom is -0.317 e. The molecule has 5 nitrogen and oxygen atoms in total. The molecule has 0 saturated heterocycles. The number of aromatic nitrogens is 1. The third kappa shape index (κ3) is 3.47. The van der Waals surface area contributed by atoms with Gasteiger partial charge in [0.05, 0.1) is 20.9 Å². The molecule has 2 aromatic carbocycles. The number of fused-ring (bicyclic) bond motifs is 1. The number of amides is 1. The van der Waals surface area contributed by atoms with Crippen LogP contribution in [0.2, 0.25) is 0 Å². The van der Waals surface area contributed by atoms with Gasteiger partial charge in [-0.25, -0.2) is 12.8 Å². The van der Waals surface area contributed by atoms with Crippen LogP contribution in [0.15, 0.2) is 52.4 Å². The van der Waals surface area contributed by atoms with Crippen molar-refractivity contribution in [2.75, 3.05) is 5.75 Å². The Hall–Kier alpha value is -2.32. The van der Waals surface area contributed by atoms with E-state index in [0.717, 1.165) is 5.52 Å². The molecule has 0 aliphatic rings. The first-order chi connectivity index (χ1) is 12.4. The molecule has 0 bridgehead atoms. The van der Waals surface area contributed by atoms with Crippen molar-refractivity contribution >= 4 is 37.3 Å². The van der Waals surface area contributed by atoms with Crippen LogP contribution in [0, 0.1) is 5.82 Å². The summed E-state index contributed by atoms with van der Waals surface area (Å²) in [6.07, 6.45) is 0. The Balaban J connectivity index is 2.02.